The molecule has 3 rings (SSSR count). The minimum Gasteiger partial charge on any atom is -0.477 e. The van der Waals surface area contributed by atoms with Crippen LogP contribution in [0.5, 0.6) is 5.75 Å². The highest BCUT2D eigenvalue weighted by molar-refractivity contribution is 6.35. The highest BCUT2D eigenvalue weighted by Crippen LogP contribution is 2.36. The first-order valence-corrected chi connectivity index (χ1v) is 9.91. The molecule has 2 unspecified atom stereocenters. The SMILES string of the molecule is CCCNCC1C(Oc2ccc(Cl)cc2Cl)C(=O)N1c1cccc(C)c1C.Cl. The Kier molecular flexibility index (Phi) is 8.02. The largest absolute Gasteiger partial charge is 0.477 e. The summed E-state index contributed by atoms with van der Waals surface area (Å²) >= 11 is 12.2. The maximum atomic E-state index is 13.0. The number of β-lactam (4-membered cyclic amide) rings is 1. The number of nitrogens with one attached hydrogen (secondary N) is 1. The molecule has 2 atom stereocenters. The van der Waals surface area contributed by atoms with Gasteiger partial charge in [-0.25, -0.2) is 0 Å². The van der Waals surface area contributed by atoms with Gasteiger partial charge < -0.3 is 15.0 Å². The smallest absolute Gasteiger partial charge is 0.270 e. The third-order valence-corrected chi connectivity index (χ3v) is 5.46. The average Bonchev–Trinajstić information content (AvgIpc) is 2.63. The Bertz CT molecular complexity index is 844. The summed E-state index contributed by atoms with van der Waals surface area (Å²) in [6.07, 6.45) is 0.450. The van der Waals surface area contributed by atoms with Gasteiger partial charge in [0.15, 0.2) is 6.10 Å². The molecule has 1 aliphatic rings. The van der Waals surface area contributed by atoms with E-state index < -0.39 is 6.10 Å². The Labute approximate surface area is 182 Å². The topological polar surface area (TPSA) is 41.6 Å². The number of rotatable bonds is 7. The van der Waals surface area contributed by atoms with Crippen LogP contribution in [-0.4, -0.2) is 31.1 Å². The Morgan fingerprint density at radius 1 is 1.18 bits per heavy atom. The van der Waals surface area contributed by atoms with Crippen molar-refractivity contribution in [2.75, 3.05) is 18.0 Å². The van der Waals surface area contributed by atoms with Crippen LogP contribution in [0, 0.1) is 13.8 Å². The van der Waals surface area contributed by atoms with E-state index >= 15 is 0 Å². The van der Waals surface area contributed by atoms with Crippen molar-refractivity contribution >= 4 is 47.2 Å². The zero-order valence-corrected chi connectivity index (χ0v) is 18.5. The number of carbonyl (C=O) groups is 1. The molecule has 0 spiro atoms. The highest BCUT2D eigenvalue weighted by atomic mass is 35.5. The summed E-state index contributed by atoms with van der Waals surface area (Å²) < 4.78 is 5.99. The Morgan fingerprint density at radius 2 is 1.93 bits per heavy atom. The predicted octanol–water partition coefficient (Wildman–Crippen LogP) is 5.19. The van der Waals surface area contributed by atoms with Crippen LogP contribution in [0.15, 0.2) is 36.4 Å². The standard InChI is InChI=1S/C21H24Cl2N2O2.ClH/c1-4-10-24-12-18-20(27-19-9-8-15(22)11-16(19)23)21(26)25(18)17-7-5-6-13(2)14(17)3;/h5-9,11,18,20,24H,4,10,12H2,1-3H3;1H. The van der Waals surface area contributed by atoms with Crippen molar-refractivity contribution in [2.24, 2.45) is 0 Å². The van der Waals surface area contributed by atoms with Crippen LogP contribution in [0.1, 0.15) is 24.5 Å². The lowest BCUT2D eigenvalue weighted by molar-refractivity contribution is -0.134. The third-order valence-electron chi connectivity index (χ3n) is 4.93. The van der Waals surface area contributed by atoms with Gasteiger partial charge in [0.1, 0.15) is 5.75 Å². The second-order valence-corrected chi connectivity index (χ2v) is 7.66. The fourth-order valence-electron chi connectivity index (χ4n) is 3.27. The van der Waals surface area contributed by atoms with Crippen molar-refractivity contribution < 1.29 is 9.53 Å². The van der Waals surface area contributed by atoms with Gasteiger partial charge in [-0.05, 0) is 62.2 Å². The van der Waals surface area contributed by atoms with Crippen molar-refractivity contribution in [3.05, 3.63) is 57.6 Å². The highest BCUT2D eigenvalue weighted by Gasteiger charge is 2.50. The quantitative estimate of drug-likeness (QED) is 0.473. The summed E-state index contributed by atoms with van der Waals surface area (Å²) in [7, 11) is 0. The predicted molar refractivity (Wildman–Crippen MR) is 118 cm³/mol. The maximum absolute atomic E-state index is 13.0. The zero-order chi connectivity index (χ0) is 19.6. The van der Waals surface area contributed by atoms with Gasteiger partial charge in [-0.1, -0.05) is 42.3 Å². The van der Waals surface area contributed by atoms with Crippen molar-refractivity contribution in [3.8, 4) is 5.75 Å². The lowest BCUT2D eigenvalue weighted by Gasteiger charge is -2.47. The number of hydrogen-bond donors (Lipinski definition) is 1. The molecule has 1 N–H and O–H groups in total. The molecular formula is C21H25Cl3N2O2. The Morgan fingerprint density at radius 3 is 2.61 bits per heavy atom. The number of ether oxygens (including phenoxy) is 1. The molecule has 0 aliphatic carbocycles. The Hall–Kier alpha value is -1.46. The monoisotopic (exact) mass is 442 g/mol. The zero-order valence-electron chi connectivity index (χ0n) is 16.2. The second kappa shape index (κ2) is 9.84. The lowest BCUT2D eigenvalue weighted by Crippen LogP contribution is -2.70. The molecule has 1 fully saturated rings. The molecule has 0 bridgehead atoms. The molecule has 1 aliphatic heterocycles. The van der Waals surface area contributed by atoms with E-state index in [4.69, 9.17) is 27.9 Å². The third kappa shape index (κ3) is 4.57. The van der Waals surface area contributed by atoms with Crippen molar-refractivity contribution in [3.63, 3.8) is 0 Å². The van der Waals surface area contributed by atoms with Crippen LogP contribution in [0.4, 0.5) is 5.69 Å². The molecule has 152 valence electrons. The van der Waals surface area contributed by atoms with Crippen LogP contribution < -0.4 is 15.0 Å². The van der Waals surface area contributed by atoms with Gasteiger partial charge in [0, 0.05) is 17.3 Å². The van der Waals surface area contributed by atoms with Gasteiger partial charge in [0.05, 0.1) is 11.1 Å². The van der Waals surface area contributed by atoms with Crippen LogP contribution in [0.2, 0.25) is 10.0 Å². The molecule has 2 aromatic carbocycles. The Balaban J connectivity index is 0.00000280. The van der Waals surface area contributed by atoms with Crippen LogP contribution in [-0.2, 0) is 4.79 Å². The first kappa shape index (κ1) is 22.8. The van der Waals surface area contributed by atoms with E-state index in [0.717, 1.165) is 29.8 Å². The summed E-state index contributed by atoms with van der Waals surface area (Å²) in [5.41, 5.74) is 3.20. The number of nitrogens with zero attached hydrogens (tertiary/aromatic N) is 1. The van der Waals surface area contributed by atoms with Gasteiger partial charge in [-0.15, -0.1) is 12.4 Å². The van der Waals surface area contributed by atoms with E-state index in [1.54, 1.807) is 18.2 Å². The second-order valence-electron chi connectivity index (χ2n) is 6.81. The molecule has 0 saturated carbocycles. The molecule has 1 amide bonds. The number of carbonyl (C=O) groups excluding carboxylic acids is 1. The fraction of sp³-hybridized carbons (Fsp3) is 0.381. The van der Waals surface area contributed by atoms with E-state index in [1.807, 2.05) is 24.0 Å². The number of hydrogen-bond acceptors (Lipinski definition) is 3. The minimum absolute atomic E-state index is 0. The van der Waals surface area contributed by atoms with Crippen molar-refractivity contribution in [1.29, 1.82) is 0 Å². The molecule has 1 saturated heterocycles. The maximum Gasteiger partial charge on any atom is 0.270 e. The molecule has 2 aromatic rings. The van der Waals surface area contributed by atoms with Gasteiger partial charge in [0.25, 0.3) is 5.91 Å². The van der Waals surface area contributed by atoms with Gasteiger partial charge in [0.2, 0.25) is 0 Å². The summed E-state index contributed by atoms with van der Waals surface area (Å²) in [6.45, 7) is 7.75. The minimum atomic E-state index is -0.576. The van der Waals surface area contributed by atoms with E-state index in [2.05, 4.69) is 25.2 Å². The lowest BCUT2D eigenvalue weighted by atomic mass is 9.94. The van der Waals surface area contributed by atoms with Crippen LogP contribution >= 0.6 is 35.6 Å². The van der Waals surface area contributed by atoms with E-state index in [-0.39, 0.29) is 24.4 Å². The normalized spacial score (nSPS) is 18.5. The molecule has 7 heteroatoms. The molecule has 28 heavy (non-hydrogen) atoms. The van der Waals surface area contributed by atoms with E-state index in [0.29, 0.717) is 22.3 Å². The van der Waals surface area contributed by atoms with E-state index in [9.17, 15) is 4.79 Å². The average molecular weight is 444 g/mol. The van der Waals surface area contributed by atoms with Crippen molar-refractivity contribution in [1.82, 2.24) is 5.32 Å². The molecule has 0 aromatic heterocycles. The number of amides is 1. The number of aryl methyl sites for hydroxylation is 1. The molecule has 1 heterocycles. The summed E-state index contributed by atoms with van der Waals surface area (Å²) in [6, 6.07) is 10.9. The molecular weight excluding hydrogens is 419 g/mol. The fourth-order valence-corrected chi connectivity index (χ4v) is 3.73. The molecule has 0 radical (unpaired) electrons. The van der Waals surface area contributed by atoms with E-state index in [1.165, 1.54) is 0 Å². The van der Waals surface area contributed by atoms with Crippen molar-refractivity contribution in [2.45, 2.75) is 39.3 Å². The number of halogens is 3. The summed E-state index contributed by atoms with van der Waals surface area (Å²) in [5, 5.41) is 4.34. The summed E-state index contributed by atoms with van der Waals surface area (Å²) in [5.74, 6) is 0.415. The van der Waals surface area contributed by atoms with Gasteiger partial charge >= 0.3 is 0 Å². The van der Waals surface area contributed by atoms with Gasteiger partial charge in [-0.2, -0.15) is 0 Å². The first-order chi connectivity index (χ1) is 12.9. The number of anilines is 1. The molecule has 4 nitrogen and oxygen atoms in total. The summed E-state index contributed by atoms with van der Waals surface area (Å²) in [4.78, 5) is 14.8. The first-order valence-electron chi connectivity index (χ1n) is 9.15. The van der Waals surface area contributed by atoms with Crippen LogP contribution in [0.25, 0.3) is 0 Å². The van der Waals surface area contributed by atoms with Gasteiger partial charge in [-0.3, -0.25) is 4.79 Å². The van der Waals surface area contributed by atoms with Crippen LogP contribution in [0.3, 0.4) is 0 Å². The number of benzene rings is 2.